The van der Waals surface area contributed by atoms with Gasteiger partial charge in [-0.2, -0.15) is 0 Å². The van der Waals surface area contributed by atoms with E-state index in [0.717, 1.165) is 0 Å². The summed E-state index contributed by atoms with van der Waals surface area (Å²) in [7, 11) is 2.92. The third-order valence-corrected chi connectivity index (χ3v) is 6.98. The van der Waals surface area contributed by atoms with Gasteiger partial charge in [0.1, 0.15) is 17.1 Å². The van der Waals surface area contributed by atoms with Crippen molar-refractivity contribution in [1.82, 2.24) is 4.90 Å². The molecule has 3 aliphatic carbocycles. The summed E-state index contributed by atoms with van der Waals surface area (Å²) in [6.07, 6.45) is -1.61. The van der Waals surface area contributed by atoms with Gasteiger partial charge in [-0.15, -0.1) is 0 Å². The molecule has 11 heteroatoms. The van der Waals surface area contributed by atoms with E-state index in [1.165, 1.54) is 25.1 Å². The van der Waals surface area contributed by atoms with Gasteiger partial charge in [-0.25, -0.2) is 0 Å². The van der Waals surface area contributed by atoms with E-state index in [1.807, 2.05) is 0 Å². The molecule has 0 aliphatic heterocycles. The number of hydrogen-bond donors (Lipinski definition) is 6. The van der Waals surface area contributed by atoms with E-state index in [-0.39, 0.29) is 16.8 Å². The largest absolute Gasteiger partial charge is 0.507 e. The van der Waals surface area contributed by atoms with Gasteiger partial charge in [-0.1, -0.05) is 19.1 Å². The molecule has 0 saturated heterocycles. The molecule has 0 aromatic heterocycles. The standard InChI is InChI=1S/C22H24N2O8.H2O/c1-7-8-5-4-6-9(25)11(8)16(26)12-10(7)17(27)14-15(24(2)3)18(28)13(21(23)31)20(30)22(14,32)19(12)29;/h4-7,10,14-15,17,25-27,31-32H,23H2,1-3H3;1H2/b21-13-;/t7-,10+,14+,15-,17-,22-;/m0./s1. The first-order chi connectivity index (χ1) is 14.9. The van der Waals surface area contributed by atoms with Crippen molar-refractivity contribution in [3.63, 3.8) is 0 Å². The number of Topliss-reactive ketones (excluding diaryl/α,β-unsaturated/α-hetero) is 3. The van der Waals surface area contributed by atoms with Gasteiger partial charge in [0.05, 0.1) is 23.6 Å². The molecule has 0 bridgehead atoms. The van der Waals surface area contributed by atoms with Crippen molar-refractivity contribution in [3.8, 4) is 5.75 Å². The van der Waals surface area contributed by atoms with Crippen LogP contribution in [0.4, 0.5) is 0 Å². The van der Waals surface area contributed by atoms with E-state index in [1.54, 1.807) is 19.1 Å². The minimum absolute atomic E-state index is 0. The topological polar surface area (TPSA) is 213 Å². The Morgan fingerprint density at radius 3 is 2.27 bits per heavy atom. The Morgan fingerprint density at radius 1 is 1.12 bits per heavy atom. The summed E-state index contributed by atoms with van der Waals surface area (Å²) in [5.41, 5.74) is 1.44. The molecule has 11 nitrogen and oxygen atoms in total. The number of carbonyl (C=O) groups excluding carboxylic acids is 3. The second kappa shape index (κ2) is 7.66. The molecular weight excluding hydrogens is 436 g/mol. The third-order valence-electron chi connectivity index (χ3n) is 6.98. The van der Waals surface area contributed by atoms with Crippen LogP contribution in [-0.2, 0) is 14.4 Å². The first-order valence-electron chi connectivity index (χ1n) is 10.0. The Bertz CT molecular complexity index is 1130. The molecule has 33 heavy (non-hydrogen) atoms. The number of ketones is 3. The van der Waals surface area contributed by atoms with E-state index in [2.05, 4.69) is 0 Å². The molecule has 2 saturated carbocycles. The number of benzene rings is 1. The maximum Gasteiger partial charge on any atom is 0.211 e. The van der Waals surface area contributed by atoms with Crippen molar-refractivity contribution >= 4 is 23.1 Å². The number of phenolic OH excluding ortho intramolecular Hbond substituents is 1. The first-order valence-corrected chi connectivity index (χ1v) is 10.0. The maximum atomic E-state index is 13.6. The molecular formula is C22H26N2O9. The molecule has 4 rings (SSSR count). The van der Waals surface area contributed by atoms with Crippen LogP contribution in [0.3, 0.4) is 0 Å². The summed E-state index contributed by atoms with van der Waals surface area (Å²) in [5.74, 6) is -8.97. The summed E-state index contributed by atoms with van der Waals surface area (Å²) < 4.78 is 0. The number of nitrogens with zero attached hydrogens (tertiary/aromatic N) is 1. The number of rotatable bonds is 1. The van der Waals surface area contributed by atoms with Crippen molar-refractivity contribution in [2.24, 2.45) is 17.6 Å². The average molecular weight is 462 g/mol. The molecule has 0 unspecified atom stereocenters. The van der Waals surface area contributed by atoms with Crippen LogP contribution in [0.5, 0.6) is 5.75 Å². The van der Waals surface area contributed by atoms with Gasteiger partial charge in [0.15, 0.2) is 17.3 Å². The summed E-state index contributed by atoms with van der Waals surface area (Å²) in [6.45, 7) is 1.67. The molecule has 178 valence electrons. The van der Waals surface area contributed by atoms with Crippen LogP contribution in [0, 0.1) is 11.8 Å². The molecule has 1 aromatic rings. The molecule has 1 aromatic carbocycles. The number of fused-ring (bicyclic) bond motifs is 3. The number of carbonyl (C=O) groups is 3. The number of phenols is 1. The lowest BCUT2D eigenvalue weighted by Gasteiger charge is -2.53. The highest BCUT2D eigenvalue weighted by Crippen LogP contribution is 2.55. The fourth-order valence-corrected chi connectivity index (χ4v) is 5.56. The van der Waals surface area contributed by atoms with E-state index < -0.39 is 75.6 Å². The Labute approximate surface area is 188 Å². The lowest BCUT2D eigenvalue weighted by Crippen LogP contribution is -2.73. The molecule has 0 heterocycles. The third kappa shape index (κ3) is 2.86. The molecule has 2 fully saturated rings. The van der Waals surface area contributed by atoms with Crippen LogP contribution >= 0.6 is 0 Å². The summed E-state index contributed by atoms with van der Waals surface area (Å²) >= 11 is 0. The van der Waals surface area contributed by atoms with E-state index >= 15 is 0 Å². The zero-order chi connectivity index (χ0) is 23.9. The predicted octanol–water partition coefficient (Wildman–Crippen LogP) is -1.33. The number of hydrogen-bond acceptors (Lipinski definition) is 10. The Morgan fingerprint density at radius 2 is 1.73 bits per heavy atom. The molecule has 0 spiro atoms. The second-order valence-corrected chi connectivity index (χ2v) is 8.79. The smallest absolute Gasteiger partial charge is 0.211 e. The quantitative estimate of drug-likeness (QED) is 0.125. The molecule has 3 aliphatic rings. The average Bonchev–Trinajstić information content (AvgIpc) is 2.70. The highest BCUT2D eigenvalue weighted by atomic mass is 16.3. The van der Waals surface area contributed by atoms with Gasteiger partial charge in [0.25, 0.3) is 0 Å². The van der Waals surface area contributed by atoms with Crippen molar-refractivity contribution in [1.29, 1.82) is 0 Å². The lowest BCUT2D eigenvalue weighted by molar-refractivity contribution is -0.178. The summed E-state index contributed by atoms with van der Waals surface area (Å²) in [4.78, 5) is 41.1. The van der Waals surface area contributed by atoms with Crippen LogP contribution in [0.1, 0.15) is 24.0 Å². The molecule has 6 atom stereocenters. The van der Waals surface area contributed by atoms with Crippen molar-refractivity contribution in [2.75, 3.05) is 14.1 Å². The van der Waals surface area contributed by atoms with Crippen LogP contribution in [0.2, 0.25) is 0 Å². The highest BCUT2D eigenvalue weighted by Gasteiger charge is 2.70. The monoisotopic (exact) mass is 462 g/mol. The SMILES string of the molecule is C[C@H]1c2cccc(O)c2C(O)=C2C(=O)[C@]3(O)C(=O)/C(=C(/N)O)C(=O)[C@@H](N(C)C)[C@@H]3[C@@H](O)[C@@H]21.O. The zero-order valence-electron chi connectivity index (χ0n) is 18.1. The Balaban J connectivity index is 0.00000306. The number of aromatic hydroxyl groups is 1. The highest BCUT2D eigenvalue weighted by molar-refractivity contribution is 6.36. The fraction of sp³-hybridized carbons (Fsp3) is 0.409. The number of aliphatic hydroxyl groups excluding tert-OH is 3. The minimum atomic E-state index is -2.97. The van der Waals surface area contributed by atoms with Gasteiger partial charge in [0, 0.05) is 11.5 Å². The number of nitrogens with two attached hydrogens (primary N) is 1. The molecule has 0 amide bonds. The van der Waals surface area contributed by atoms with E-state index in [4.69, 9.17) is 5.73 Å². The van der Waals surface area contributed by atoms with Gasteiger partial charge in [-0.3, -0.25) is 19.3 Å². The Hall–Kier alpha value is -3.25. The maximum absolute atomic E-state index is 13.6. The van der Waals surface area contributed by atoms with Crippen molar-refractivity contribution in [3.05, 3.63) is 46.4 Å². The Kier molecular flexibility index (Phi) is 5.66. The van der Waals surface area contributed by atoms with Crippen molar-refractivity contribution < 1.29 is 45.4 Å². The number of likely N-dealkylation sites (N-methyl/N-ethyl adjacent to an activating group) is 1. The predicted molar refractivity (Wildman–Crippen MR) is 114 cm³/mol. The van der Waals surface area contributed by atoms with Crippen molar-refractivity contribution in [2.45, 2.75) is 30.6 Å². The summed E-state index contributed by atoms with van der Waals surface area (Å²) in [6, 6.07) is 3.12. The molecule has 0 radical (unpaired) electrons. The molecule has 9 N–H and O–H groups in total. The van der Waals surface area contributed by atoms with Gasteiger partial charge in [-0.05, 0) is 31.6 Å². The fourth-order valence-electron chi connectivity index (χ4n) is 5.56. The van der Waals surface area contributed by atoms with E-state index in [0.29, 0.717) is 5.56 Å². The number of aliphatic hydroxyl groups is 4. The van der Waals surface area contributed by atoms with Crippen LogP contribution in [-0.4, -0.2) is 85.1 Å². The van der Waals surface area contributed by atoms with E-state index in [9.17, 15) is 39.9 Å². The zero-order valence-corrected chi connectivity index (χ0v) is 18.1. The second-order valence-electron chi connectivity index (χ2n) is 8.79. The van der Waals surface area contributed by atoms with Gasteiger partial charge in [0.2, 0.25) is 11.6 Å². The normalized spacial score (nSPS) is 35.0. The van der Waals surface area contributed by atoms with Crippen LogP contribution < -0.4 is 5.73 Å². The van der Waals surface area contributed by atoms with Gasteiger partial charge < -0.3 is 36.7 Å². The van der Waals surface area contributed by atoms with Crippen LogP contribution in [0.25, 0.3) is 5.76 Å². The lowest BCUT2D eigenvalue weighted by atomic mass is 9.53. The van der Waals surface area contributed by atoms with Gasteiger partial charge >= 0.3 is 0 Å². The first kappa shape index (κ1) is 24.4. The minimum Gasteiger partial charge on any atom is -0.507 e. The van der Waals surface area contributed by atoms with Crippen LogP contribution in [0.15, 0.2) is 35.2 Å². The summed E-state index contributed by atoms with van der Waals surface area (Å²) in [5, 5.41) is 53.9.